The molecule has 0 fully saturated rings. The van der Waals surface area contributed by atoms with Gasteiger partial charge in [-0.1, -0.05) is 32.8 Å². The van der Waals surface area contributed by atoms with Crippen LogP contribution in [0.5, 0.6) is 17.2 Å². The first kappa shape index (κ1) is 25.4. The number of H-pyrrole nitrogens is 1. The fourth-order valence-electron chi connectivity index (χ4n) is 3.46. The van der Waals surface area contributed by atoms with Gasteiger partial charge < -0.3 is 19.1 Å². The molecule has 1 heterocycles. The van der Waals surface area contributed by atoms with Crippen LogP contribution in [0.25, 0.3) is 10.9 Å². The van der Waals surface area contributed by atoms with Crippen molar-refractivity contribution in [3.63, 3.8) is 0 Å². The second-order valence-corrected chi connectivity index (χ2v) is 8.91. The first-order chi connectivity index (χ1) is 16.6. The molecule has 0 unspecified atom stereocenters. The van der Waals surface area contributed by atoms with Crippen LogP contribution in [0.2, 0.25) is 0 Å². The number of carbonyl (C=O) groups excluding carboxylic acids is 1. The van der Waals surface area contributed by atoms with Crippen LogP contribution >= 0.6 is 0 Å². The molecular weight excluding hydrogens is 448 g/mol. The van der Waals surface area contributed by atoms with E-state index in [-0.39, 0.29) is 17.4 Å². The summed E-state index contributed by atoms with van der Waals surface area (Å²) in [5.41, 5.74) is 1.12. The molecule has 35 heavy (non-hydrogen) atoms. The van der Waals surface area contributed by atoms with Gasteiger partial charge in [-0.05, 0) is 17.7 Å². The van der Waals surface area contributed by atoms with Crippen molar-refractivity contribution < 1.29 is 19.0 Å². The Labute approximate surface area is 204 Å². The molecule has 0 spiro atoms. The molecule has 2 aromatic carbocycles. The third-order valence-electron chi connectivity index (χ3n) is 5.35. The molecule has 0 bridgehead atoms. The average molecular weight is 479 g/mol. The van der Waals surface area contributed by atoms with Gasteiger partial charge in [-0.2, -0.15) is 0 Å². The quantitative estimate of drug-likeness (QED) is 0.477. The molecule has 0 aliphatic rings. The molecule has 0 saturated carbocycles. The van der Waals surface area contributed by atoms with Gasteiger partial charge in [0, 0.05) is 29.8 Å². The van der Waals surface area contributed by atoms with Crippen molar-refractivity contribution in [1.82, 2.24) is 9.97 Å². The van der Waals surface area contributed by atoms with Crippen molar-refractivity contribution in [2.24, 2.45) is 5.41 Å². The largest absolute Gasteiger partial charge is 0.493 e. The van der Waals surface area contributed by atoms with Gasteiger partial charge in [0.15, 0.2) is 11.5 Å². The van der Waals surface area contributed by atoms with Crippen LogP contribution in [0, 0.1) is 17.8 Å². The highest BCUT2D eigenvalue weighted by Crippen LogP contribution is 2.41. The highest BCUT2D eigenvalue weighted by molar-refractivity contribution is 5.93. The summed E-state index contributed by atoms with van der Waals surface area (Å²) in [4.78, 5) is 34.0. The minimum Gasteiger partial charge on any atom is -0.493 e. The lowest BCUT2D eigenvalue weighted by Crippen LogP contribution is -2.29. The normalized spacial score (nSPS) is 11.0. The molecule has 0 aliphatic carbocycles. The molecule has 9 nitrogen and oxygen atoms in total. The molecule has 0 aliphatic heterocycles. The molecule has 2 N–H and O–H groups in total. The van der Waals surface area contributed by atoms with Gasteiger partial charge in [0.1, 0.15) is 0 Å². The number of nitrogens with one attached hydrogen (secondary N) is 2. The van der Waals surface area contributed by atoms with E-state index in [1.807, 2.05) is 23.1 Å². The number of aromatic amines is 1. The lowest BCUT2D eigenvalue weighted by Gasteiger charge is -2.25. The molecule has 3 rings (SSSR count). The summed E-state index contributed by atoms with van der Waals surface area (Å²) in [6.45, 7) is 6.07. The van der Waals surface area contributed by atoms with Crippen LogP contribution in [0.3, 0.4) is 0 Å². The van der Waals surface area contributed by atoms with Crippen molar-refractivity contribution in [1.29, 1.82) is 0 Å². The summed E-state index contributed by atoms with van der Waals surface area (Å²) in [7, 11) is 4.64. The van der Waals surface area contributed by atoms with Crippen molar-refractivity contribution in [2.45, 2.75) is 27.3 Å². The zero-order valence-electron chi connectivity index (χ0n) is 20.8. The predicted molar refractivity (Wildman–Crippen MR) is 136 cm³/mol. The number of rotatable bonds is 8. The summed E-state index contributed by atoms with van der Waals surface area (Å²) >= 11 is 0. The topological polar surface area (TPSA) is 106 Å². The third-order valence-corrected chi connectivity index (χ3v) is 5.35. The van der Waals surface area contributed by atoms with Gasteiger partial charge in [0.2, 0.25) is 17.6 Å². The number of ether oxygens (including phenoxy) is 3. The number of methoxy groups -OCH3 is 3. The molecule has 3 aromatic rings. The van der Waals surface area contributed by atoms with E-state index in [1.54, 1.807) is 54.2 Å². The third kappa shape index (κ3) is 5.66. The van der Waals surface area contributed by atoms with Crippen LogP contribution in [0.15, 0.2) is 35.1 Å². The van der Waals surface area contributed by atoms with Gasteiger partial charge in [0.25, 0.3) is 5.56 Å². The Bertz CT molecular complexity index is 1310. The van der Waals surface area contributed by atoms with Crippen LogP contribution in [0.1, 0.15) is 26.3 Å². The van der Waals surface area contributed by atoms with Gasteiger partial charge in [-0.15, -0.1) is 6.42 Å². The van der Waals surface area contributed by atoms with E-state index in [0.29, 0.717) is 41.2 Å². The SMILES string of the molecule is C#CCN(Cc1ccc2nc(NC(=O)C(C)(C)C)[nH]c(=O)c2c1)c1cc(OC)c(OC)c(OC)c1. The van der Waals surface area contributed by atoms with Gasteiger partial charge in [-0.3, -0.25) is 19.9 Å². The highest BCUT2D eigenvalue weighted by Gasteiger charge is 2.22. The van der Waals surface area contributed by atoms with E-state index in [2.05, 4.69) is 21.2 Å². The van der Waals surface area contributed by atoms with E-state index in [9.17, 15) is 9.59 Å². The number of nitrogens with zero attached hydrogens (tertiary/aromatic N) is 2. The van der Waals surface area contributed by atoms with E-state index in [4.69, 9.17) is 20.6 Å². The molecular formula is C26H30N4O5. The van der Waals surface area contributed by atoms with Crippen molar-refractivity contribution in [3.8, 4) is 29.6 Å². The second-order valence-electron chi connectivity index (χ2n) is 8.91. The van der Waals surface area contributed by atoms with Gasteiger partial charge in [-0.25, -0.2) is 4.98 Å². The van der Waals surface area contributed by atoms with Crippen LogP contribution in [-0.2, 0) is 11.3 Å². The minimum atomic E-state index is -0.620. The number of hydrogen-bond acceptors (Lipinski definition) is 7. The van der Waals surface area contributed by atoms with Gasteiger partial charge in [0.05, 0.1) is 38.8 Å². The Kier molecular flexibility index (Phi) is 7.55. The fraction of sp³-hybridized carbons (Fsp3) is 0.346. The summed E-state index contributed by atoms with van der Waals surface area (Å²) in [6.07, 6.45) is 5.64. The first-order valence-electron chi connectivity index (χ1n) is 10.9. The summed E-state index contributed by atoms with van der Waals surface area (Å²) in [5, 5.41) is 3.07. The Morgan fingerprint density at radius 2 is 1.77 bits per heavy atom. The molecule has 1 aromatic heterocycles. The molecule has 0 atom stereocenters. The molecule has 0 saturated heterocycles. The molecule has 9 heteroatoms. The maximum absolute atomic E-state index is 12.8. The van der Waals surface area contributed by atoms with Crippen LogP contribution in [-0.4, -0.2) is 43.7 Å². The minimum absolute atomic E-state index is 0.113. The maximum atomic E-state index is 12.8. The van der Waals surface area contributed by atoms with Crippen LogP contribution < -0.4 is 30.0 Å². The summed E-state index contributed by atoms with van der Waals surface area (Å²) < 4.78 is 16.3. The number of terminal acetylenes is 1. The smallest absolute Gasteiger partial charge is 0.260 e. The van der Waals surface area contributed by atoms with Crippen molar-refractivity contribution in [3.05, 3.63) is 46.2 Å². The Morgan fingerprint density at radius 3 is 2.31 bits per heavy atom. The summed E-state index contributed by atoms with van der Waals surface area (Å²) in [5.74, 6) is 4.04. The van der Waals surface area contributed by atoms with E-state index < -0.39 is 5.41 Å². The number of anilines is 2. The molecule has 0 radical (unpaired) electrons. The van der Waals surface area contributed by atoms with Crippen molar-refractivity contribution >= 4 is 28.4 Å². The predicted octanol–water partition coefficient (Wildman–Crippen LogP) is 3.57. The van der Waals surface area contributed by atoms with E-state index >= 15 is 0 Å². The lowest BCUT2D eigenvalue weighted by molar-refractivity contribution is -0.123. The Morgan fingerprint density at radius 1 is 1.11 bits per heavy atom. The zero-order chi connectivity index (χ0) is 25.8. The number of aromatic nitrogens is 2. The Balaban J connectivity index is 1.95. The standard InChI is InChI=1S/C26H30N4O5/c1-8-11-30(17-13-20(33-5)22(35-7)21(14-17)34-6)15-16-9-10-19-18(12-16)23(31)28-25(27-19)29-24(32)26(2,3)4/h1,9-10,12-14H,11,15H2,2-7H3,(H2,27,28,29,31,32). The zero-order valence-corrected chi connectivity index (χ0v) is 20.8. The lowest BCUT2D eigenvalue weighted by atomic mass is 9.96. The molecule has 184 valence electrons. The Hall–Kier alpha value is -4.19. The number of fused-ring (bicyclic) bond motifs is 1. The number of hydrogen-bond donors (Lipinski definition) is 2. The van der Waals surface area contributed by atoms with E-state index in [0.717, 1.165) is 11.3 Å². The van der Waals surface area contributed by atoms with Gasteiger partial charge >= 0.3 is 0 Å². The number of benzene rings is 2. The van der Waals surface area contributed by atoms with Crippen molar-refractivity contribution in [2.75, 3.05) is 38.1 Å². The van der Waals surface area contributed by atoms with Crippen LogP contribution in [0.4, 0.5) is 11.6 Å². The molecule has 1 amide bonds. The monoisotopic (exact) mass is 478 g/mol. The number of amides is 1. The maximum Gasteiger partial charge on any atom is 0.260 e. The average Bonchev–Trinajstić information content (AvgIpc) is 2.82. The second kappa shape index (κ2) is 10.4. The summed E-state index contributed by atoms with van der Waals surface area (Å²) in [6, 6.07) is 9.01. The fourth-order valence-corrected chi connectivity index (χ4v) is 3.46. The number of carbonyl (C=O) groups is 1. The van der Waals surface area contributed by atoms with E-state index in [1.165, 1.54) is 0 Å². The highest BCUT2D eigenvalue weighted by atomic mass is 16.5. The first-order valence-corrected chi connectivity index (χ1v) is 10.9.